The highest BCUT2D eigenvalue weighted by Gasteiger charge is 2.30. The number of nitrogens with one attached hydrogen (secondary N) is 3. The van der Waals surface area contributed by atoms with Crippen LogP contribution in [0.1, 0.15) is 73.6 Å². The van der Waals surface area contributed by atoms with Crippen LogP contribution in [0.5, 0.6) is 0 Å². The van der Waals surface area contributed by atoms with E-state index in [1.54, 1.807) is 27.7 Å². The van der Waals surface area contributed by atoms with E-state index in [0.29, 0.717) is 25.8 Å². The lowest BCUT2D eigenvalue weighted by Gasteiger charge is -2.29. The Hall–Kier alpha value is -2.32. The van der Waals surface area contributed by atoms with E-state index in [4.69, 9.17) is 4.74 Å². The van der Waals surface area contributed by atoms with Crippen LogP contribution in [0.3, 0.4) is 0 Å². The third-order valence-corrected chi connectivity index (χ3v) is 5.23. The van der Waals surface area contributed by atoms with Gasteiger partial charge in [0.25, 0.3) is 0 Å². The Bertz CT molecular complexity index is 636. The number of carbonyl (C=O) groups is 4. The van der Waals surface area contributed by atoms with Crippen molar-refractivity contribution >= 4 is 23.9 Å². The van der Waals surface area contributed by atoms with E-state index in [9.17, 15) is 24.3 Å². The van der Waals surface area contributed by atoms with Crippen molar-refractivity contribution in [3.8, 4) is 0 Å². The van der Waals surface area contributed by atoms with E-state index >= 15 is 0 Å². The van der Waals surface area contributed by atoms with E-state index in [1.807, 2.05) is 13.8 Å². The predicted octanol–water partition coefficient (Wildman–Crippen LogP) is 2.44. The molecule has 9 heteroatoms. The van der Waals surface area contributed by atoms with Crippen LogP contribution in [0.2, 0.25) is 0 Å². The average Bonchev–Trinajstić information content (AvgIpc) is 2.63. The summed E-state index contributed by atoms with van der Waals surface area (Å²) in [5.74, 6) is -1.28. The van der Waals surface area contributed by atoms with Gasteiger partial charge in [-0.2, -0.15) is 0 Å². The van der Waals surface area contributed by atoms with Crippen LogP contribution in [0, 0.1) is 17.8 Å². The highest BCUT2D eigenvalue weighted by atomic mass is 16.6. The van der Waals surface area contributed by atoms with Gasteiger partial charge in [-0.15, -0.1) is 0 Å². The van der Waals surface area contributed by atoms with Gasteiger partial charge in [-0.1, -0.05) is 13.8 Å². The van der Waals surface area contributed by atoms with E-state index in [1.165, 1.54) is 0 Å². The summed E-state index contributed by atoms with van der Waals surface area (Å²) in [6, 6.07) is -1.57. The fourth-order valence-corrected chi connectivity index (χ4v) is 3.56. The molecule has 1 aliphatic carbocycles. The molecule has 0 bridgehead atoms. The summed E-state index contributed by atoms with van der Waals surface area (Å²) in [7, 11) is 0. The first-order valence-corrected chi connectivity index (χ1v) is 11.1. The molecule has 0 aliphatic heterocycles. The van der Waals surface area contributed by atoms with Gasteiger partial charge in [0, 0.05) is 12.5 Å². The summed E-state index contributed by atoms with van der Waals surface area (Å²) in [4.78, 5) is 47.8. The third kappa shape index (κ3) is 10.5. The van der Waals surface area contributed by atoms with Crippen molar-refractivity contribution < 1.29 is 29.0 Å². The molecule has 1 rings (SSSR count). The maximum absolute atomic E-state index is 12.5. The van der Waals surface area contributed by atoms with Gasteiger partial charge >= 0.3 is 12.1 Å². The number of carbonyl (C=O) groups excluding carboxylic acids is 3. The molecule has 3 amide bonds. The number of aliphatic carboxylic acids is 1. The van der Waals surface area contributed by atoms with Crippen molar-refractivity contribution in [3.63, 3.8) is 0 Å². The number of carboxylic acid groups (broad SMARTS) is 1. The van der Waals surface area contributed by atoms with E-state index in [0.717, 1.165) is 12.8 Å². The lowest BCUT2D eigenvalue weighted by atomic mass is 9.81. The minimum absolute atomic E-state index is 0.174. The zero-order chi connectivity index (χ0) is 23.8. The number of amides is 3. The average molecular weight is 442 g/mol. The normalized spacial score (nSPS) is 21.0. The molecular formula is C22H39N3O6. The first kappa shape index (κ1) is 26.7. The Kier molecular flexibility index (Phi) is 10.3. The first-order valence-electron chi connectivity index (χ1n) is 11.1. The highest BCUT2D eigenvalue weighted by molar-refractivity contribution is 5.85. The summed E-state index contributed by atoms with van der Waals surface area (Å²) in [6.45, 7) is 11.2. The fraction of sp³-hybridized carbons (Fsp3) is 0.818. The van der Waals surface area contributed by atoms with Crippen LogP contribution in [0.4, 0.5) is 4.79 Å². The Balaban J connectivity index is 2.38. The van der Waals surface area contributed by atoms with E-state index < -0.39 is 29.7 Å². The molecule has 178 valence electrons. The summed E-state index contributed by atoms with van der Waals surface area (Å²) in [5, 5.41) is 17.3. The highest BCUT2D eigenvalue weighted by Crippen LogP contribution is 2.28. The van der Waals surface area contributed by atoms with Crippen molar-refractivity contribution in [3.05, 3.63) is 0 Å². The maximum atomic E-state index is 12.5. The Morgan fingerprint density at radius 2 is 1.58 bits per heavy atom. The molecule has 31 heavy (non-hydrogen) atoms. The van der Waals surface area contributed by atoms with Gasteiger partial charge in [0.2, 0.25) is 11.8 Å². The molecule has 0 spiro atoms. The van der Waals surface area contributed by atoms with Crippen LogP contribution in [-0.4, -0.2) is 53.2 Å². The topological polar surface area (TPSA) is 134 Å². The Morgan fingerprint density at radius 3 is 2.06 bits per heavy atom. The van der Waals surface area contributed by atoms with Crippen LogP contribution in [0.25, 0.3) is 0 Å². The molecule has 4 N–H and O–H groups in total. The predicted molar refractivity (Wildman–Crippen MR) is 116 cm³/mol. The maximum Gasteiger partial charge on any atom is 0.408 e. The summed E-state index contributed by atoms with van der Waals surface area (Å²) in [5.41, 5.74) is -0.634. The van der Waals surface area contributed by atoms with Gasteiger partial charge in [-0.3, -0.25) is 9.59 Å². The number of carboxylic acids is 1. The molecule has 0 aromatic carbocycles. The Labute approximate surface area is 185 Å². The van der Waals surface area contributed by atoms with Crippen LogP contribution in [0.15, 0.2) is 0 Å². The quantitative estimate of drug-likeness (QED) is 0.434. The zero-order valence-electron chi connectivity index (χ0n) is 19.6. The van der Waals surface area contributed by atoms with Gasteiger partial charge in [0.05, 0.1) is 0 Å². The van der Waals surface area contributed by atoms with Gasteiger partial charge in [-0.25, -0.2) is 9.59 Å². The monoisotopic (exact) mass is 441 g/mol. The van der Waals surface area contributed by atoms with Crippen LogP contribution >= 0.6 is 0 Å². The molecule has 1 fully saturated rings. The SMILES string of the molecule is CC(C)CC(NC(=O)C1CCC(CNC(=O)C(C)NC(=O)OC(C)(C)C)CC1)C(=O)O. The largest absolute Gasteiger partial charge is 0.480 e. The molecule has 9 nitrogen and oxygen atoms in total. The molecule has 0 aromatic rings. The van der Waals surface area contributed by atoms with Crippen molar-refractivity contribution in [2.45, 2.75) is 91.3 Å². The number of rotatable bonds is 9. The van der Waals surface area contributed by atoms with Gasteiger partial charge < -0.3 is 25.8 Å². The molecule has 0 saturated heterocycles. The standard InChI is InChI=1S/C22H39N3O6/c1-13(2)11-17(20(28)29)25-19(27)16-9-7-15(8-10-16)12-23-18(26)14(3)24-21(30)31-22(4,5)6/h13-17H,7-12H2,1-6H3,(H,23,26)(H,24,30)(H,25,27)(H,28,29). The molecule has 1 aliphatic rings. The molecule has 0 aromatic heterocycles. The van der Waals surface area contributed by atoms with E-state index in [-0.39, 0.29) is 29.6 Å². The lowest BCUT2D eigenvalue weighted by Crippen LogP contribution is -2.48. The zero-order valence-corrected chi connectivity index (χ0v) is 19.6. The molecule has 0 radical (unpaired) electrons. The minimum atomic E-state index is -1.01. The smallest absolute Gasteiger partial charge is 0.408 e. The summed E-state index contributed by atoms with van der Waals surface area (Å²) < 4.78 is 5.15. The van der Waals surface area contributed by atoms with Gasteiger partial charge in [0.1, 0.15) is 17.7 Å². The molecule has 2 atom stereocenters. The number of ether oxygens (including phenoxy) is 1. The van der Waals surface area contributed by atoms with Crippen LogP contribution < -0.4 is 16.0 Å². The lowest BCUT2D eigenvalue weighted by molar-refractivity contribution is -0.143. The minimum Gasteiger partial charge on any atom is -0.480 e. The molecular weight excluding hydrogens is 402 g/mol. The van der Waals surface area contributed by atoms with Crippen molar-refractivity contribution in [2.24, 2.45) is 17.8 Å². The summed E-state index contributed by atoms with van der Waals surface area (Å²) >= 11 is 0. The van der Waals surface area contributed by atoms with Crippen LogP contribution in [-0.2, 0) is 19.1 Å². The first-order chi connectivity index (χ1) is 14.3. The summed E-state index contributed by atoms with van der Waals surface area (Å²) in [6.07, 6.45) is 2.62. The molecule has 1 saturated carbocycles. The number of alkyl carbamates (subject to hydrolysis) is 1. The second-order valence-electron chi connectivity index (χ2n) is 9.86. The Morgan fingerprint density at radius 1 is 1.00 bits per heavy atom. The van der Waals surface area contributed by atoms with Crippen molar-refractivity contribution in [2.75, 3.05) is 6.54 Å². The van der Waals surface area contributed by atoms with Gasteiger partial charge in [0.15, 0.2) is 0 Å². The molecule has 0 heterocycles. The second-order valence-corrected chi connectivity index (χ2v) is 9.86. The van der Waals surface area contributed by atoms with E-state index in [2.05, 4.69) is 16.0 Å². The van der Waals surface area contributed by atoms with Crippen molar-refractivity contribution in [1.29, 1.82) is 0 Å². The third-order valence-electron chi connectivity index (χ3n) is 5.23. The fourth-order valence-electron chi connectivity index (χ4n) is 3.56. The van der Waals surface area contributed by atoms with Crippen molar-refractivity contribution in [1.82, 2.24) is 16.0 Å². The second kappa shape index (κ2) is 11.9. The van der Waals surface area contributed by atoms with Gasteiger partial charge in [-0.05, 0) is 71.6 Å². The molecule has 2 unspecified atom stereocenters. The number of hydrogen-bond acceptors (Lipinski definition) is 5. The number of hydrogen-bond donors (Lipinski definition) is 4.